The van der Waals surface area contributed by atoms with Crippen LogP contribution in [0, 0.1) is 13.8 Å². The number of anilines is 1. The van der Waals surface area contributed by atoms with Crippen molar-refractivity contribution in [2.45, 2.75) is 33.9 Å². The van der Waals surface area contributed by atoms with Gasteiger partial charge < -0.3 is 5.32 Å². The molecule has 1 amide bonds. The van der Waals surface area contributed by atoms with E-state index in [0.29, 0.717) is 12.2 Å². The summed E-state index contributed by atoms with van der Waals surface area (Å²) < 4.78 is 2.77. The fraction of sp³-hybridized carbons (Fsp3) is 0.312. The van der Waals surface area contributed by atoms with Crippen LogP contribution in [0.4, 0.5) is 5.69 Å². The summed E-state index contributed by atoms with van der Waals surface area (Å²) in [6.07, 6.45) is 1.35. The molecule has 24 heavy (non-hydrogen) atoms. The first-order valence-corrected chi connectivity index (χ1v) is 7.65. The SMILES string of the molecule is CCn1nnc2c(=O)n(CC(=O)Nc3ccc(C)cc3C)cnc21. The summed E-state index contributed by atoms with van der Waals surface area (Å²) >= 11 is 0. The molecule has 0 atom stereocenters. The van der Waals surface area contributed by atoms with Crippen LogP contribution in [0.15, 0.2) is 29.3 Å². The number of fused-ring (bicyclic) bond motifs is 1. The van der Waals surface area contributed by atoms with Crippen molar-refractivity contribution in [2.24, 2.45) is 0 Å². The second-order valence-corrected chi connectivity index (χ2v) is 5.62. The number of aryl methyl sites for hydroxylation is 3. The molecule has 0 aliphatic heterocycles. The molecule has 0 bridgehead atoms. The Hall–Kier alpha value is -3.03. The Bertz CT molecular complexity index is 972. The van der Waals surface area contributed by atoms with Gasteiger partial charge in [-0.25, -0.2) is 9.67 Å². The molecule has 8 heteroatoms. The van der Waals surface area contributed by atoms with Crippen LogP contribution in [0.3, 0.4) is 0 Å². The molecule has 0 saturated carbocycles. The van der Waals surface area contributed by atoms with Gasteiger partial charge in [0.15, 0.2) is 11.2 Å². The summed E-state index contributed by atoms with van der Waals surface area (Å²) in [7, 11) is 0. The Balaban J connectivity index is 1.83. The maximum atomic E-state index is 12.4. The number of nitrogens with zero attached hydrogens (tertiary/aromatic N) is 5. The van der Waals surface area contributed by atoms with E-state index in [1.165, 1.54) is 15.6 Å². The molecule has 1 aromatic carbocycles. The smallest absolute Gasteiger partial charge is 0.283 e. The maximum absolute atomic E-state index is 12.4. The molecular weight excluding hydrogens is 308 g/mol. The van der Waals surface area contributed by atoms with E-state index in [-0.39, 0.29) is 23.5 Å². The number of hydrogen-bond acceptors (Lipinski definition) is 5. The molecule has 2 aromatic heterocycles. The van der Waals surface area contributed by atoms with Gasteiger partial charge in [-0.05, 0) is 32.4 Å². The highest BCUT2D eigenvalue weighted by Gasteiger charge is 2.13. The van der Waals surface area contributed by atoms with Gasteiger partial charge in [-0.2, -0.15) is 0 Å². The highest BCUT2D eigenvalue weighted by atomic mass is 16.2. The fourth-order valence-electron chi connectivity index (χ4n) is 2.51. The van der Waals surface area contributed by atoms with Crippen LogP contribution in [0.1, 0.15) is 18.1 Å². The molecule has 124 valence electrons. The van der Waals surface area contributed by atoms with Crippen LogP contribution >= 0.6 is 0 Å². The van der Waals surface area contributed by atoms with E-state index in [1.54, 1.807) is 0 Å². The standard InChI is InChI=1S/C16H18N6O2/c1-4-22-15-14(19-20-22)16(24)21(9-17-15)8-13(23)18-12-6-5-10(2)7-11(12)3/h5-7,9H,4,8H2,1-3H3,(H,18,23). The molecule has 0 aliphatic rings. The molecule has 1 N–H and O–H groups in total. The van der Waals surface area contributed by atoms with Crippen molar-refractivity contribution in [1.82, 2.24) is 24.5 Å². The van der Waals surface area contributed by atoms with Gasteiger partial charge >= 0.3 is 0 Å². The van der Waals surface area contributed by atoms with Crippen LogP contribution in [0.5, 0.6) is 0 Å². The Morgan fingerprint density at radius 3 is 2.79 bits per heavy atom. The normalized spacial score (nSPS) is 11.0. The number of carbonyl (C=O) groups excluding carboxylic acids is 1. The lowest BCUT2D eigenvalue weighted by Crippen LogP contribution is -2.28. The quantitative estimate of drug-likeness (QED) is 0.779. The minimum atomic E-state index is -0.379. The minimum Gasteiger partial charge on any atom is -0.324 e. The highest BCUT2D eigenvalue weighted by Crippen LogP contribution is 2.15. The van der Waals surface area contributed by atoms with Gasteiger partial charge in [0.05, 0.1) is 0 Å². The minimum absolute atomic E-state index is 0.131. The van der Waals surface area contributed by atoms with Crippen molar-refractivity contribution in [1.29, 1.82) is 0 Å². The highest BCUT2D eigenvalue weighted by molar-refractivity contribution is 5.91. The van der Waals surface area contributed by atoms with Crippen molar-refractivity contribution < 1.29 is 4.79 Å². The number of rotatable bonds is 4. The zero-order chi connectivity index (χ0) is 17.3. The zero-order valence-corrected chi connectivity index (χ0v) is 13.8. The first-order valence-electron chi connectivity index (χ1n) is 7.65. The van der Waals surface area contributed by atoms with E-state index in [4.69, 9.17) is 0 Å². The molecule has 0 spiro atoms. The number of nitrogens with one attached hydrogen (secondary N) is 1. The van der Waals surface area contributed by atoms with Crippen LogP contribution in [-0.2, 0) is 17.9 Å². The molecule has 0 unspecified atom stereocenters. The summed E-state index contributed by atoms with van der Waals surface area (Å²) in [6, 6.07) is 5.75. The third-order valence-corrected chi connectivity index (χ3v) is 3.76. The number of carbonyl (C=O) groups is 1. The van der Waals surface area contributed by atoms with Crippen LogP contribution in [0.2, 0.25) is 0 Å². The van der Waals surface area contributed by atoms with E-state index >= 15 is 0 Å². The Kier molecular flexibility index (Phi) is 4.11. The molecule has 8 nitrogen and oxygen atoms in total. The largest absolute Gasteiger partial charge is 0.324 e. The molecule has 2 heterocycles. The average Bonchev–Trinajstić information content (AvgIpc) is 2.96. The Morgan fingerprint density at radius 2 is 2.08 bits per heavy atom. The molecular formula is C16H18N6O2. The first-order chi connectivity index (χ1) is 11.5. The average molecular weight is 326 g/mol. The molecule has 0 aliphatic carbocycles. The van der Waals surface area contributed by atoms with Crippen LogP contribution in [-0.4, -0.2) is 30.5 Å². The Morgan fingerprint density at radius 1 is 1.29 bits per heavy atom. The number of benzene rings is 1. The molecule has 3 aromatic rings. The zero-order valence-electron chi connectivity index (χ0n) is 13.8. The van der Waals surface area contributed by atoms with E-state index in [2.05, 4.69) is 20.6 Å². The molecule has 0 radical (unpaired) electrons. The van der Waals surface area contributed by atoms with E-state index in [9.17, 15) is 9.59 Å². The third kappa shape index (κ3) is 2.90. The van der Waals surface area contributed by atoms with Crippen molar-refractivity contribution >= 4 is 22.8 Å². The van der Waals surface area contributed by atoms with Crippen molar-refractivity contribution in [3.05, 3.63) is 46.0 Å². The van der Waals surface area contributed by atoms with Crippen LogP contribution in [0.25, 0.3) is 11.2 Å². The predicted molar refractivity (Wildman–Crippen MR) is 89.8 cm³/mol. The van der Waals surface area contributed by atoms with E-state index in [0.717, 1.165) is 16.8 Å². The fourth-order valence-corrected chi connectivity index (χ4v) is 2.51. The topological polar surface area (TPSA) is 94.7 Å². The second-order valence-electron chi connectivity index (χ2n) is 5.62. The van der Waals surface area contributed by atoms with Crippen molar-refractivity contribution in [3.63, 3.8) is 0 Å². The lowest BCUT2D eigenvalue weighted by Gasteiger charge is -2.10. The first kappa shape index (κ1) is 15.9. The summed E-state index contributed by atoms with van der Waals surface area (Å²) in [5.74, 6) is -0.298. The van der Waals surface area contributed by atoms with Gasteiger partial charge in [-0.3, -0.25) is 14.2 Å². The van der Waals surface area contributed by atoms with E-state index < -0.39 is 0 Å². The van der Waals surface area contributed by atoms with Gasteiger partial charge in [0.25, 0.3) is 5.56 Å². The third-order valence-electron chi connectivity index (χ3n) is 3.76. The maximum Gasteiger partial charge on any atom is 0.283 e. The number of hydrogen-bond donors (Lipinski definition) is 1. The van der Waals surface area contributed by atoms with Gasteiger partial charge in [-0.15, -0.1) is 5.10 Å². The van der Waals surface area contributed by atoms with E-state index in [1.807, 2.05) is 39.0 Å². The van der Waals surface area contributed by atoms with Gasteiger partial charge in [0, 0.05) is 12.2 Å². The number of amides is 1. The molecule has 0 fully saturated rings. The summed E-state index contributed by atoms with van der Waals surface area (Å²) in [6.45, 7) is 6.24. The lowest BCUT2D eigenvalue weighted by molar-refractivity contribution is -0.116. The lowest BCUT2D eigenvalue weighted by atomic mass is 10.1. The number of aromatic nitrogens is 5. The second kappa shape index (κ2) is 6.23. The Labute approximate surface area is 138 Å². The van der Waals surface area contributed by atoms with Gasteiger partial charge in [0.1, 0.15) is 12.9 Å². The monoisotopic (exact) mass is 326 g/mol. The van der Waals surface area contributed by atoms with Crippen molar-refractivity contribution in [3.8, 4) is 0 Å². The summed E-state index contributed by atoms with van der Waals surface area (Å²) in [5, 5.41) is 10.5. The van der Waals surface area contributed by atoms with Gasteiger partial charge in [-0.1, -0.05) is 22.9 Å². The van der Waals surface area contributed by atoms with Gasteiger partial charge in [0.2, 0.25) is 5.91 Å². The van der Waals surface area contributed by atoms with Crippen molar-refractivity contribution in [2.75, 3.05) is 5.32 Å². The van der Waals surface area contributed by atoms with Crippen LogP contribution < -0.4 is 10.9 Å². The summed E-state index contributed by atoms with van der Waals surface area (Å²) in [4.78, 5) is 28.8. The predicted octanol–water partition coefficient (Wildman–Crippen LogP) is 1.26. The summed E-state index contributed by atoms with van der Waals surface area (Å²) in [5.41, 5.74) is 3.03. The molecule has 0 saturated heterocycles. The molecule has 3 rings (SSSR count).